The molecular formula is C5H3Br2ClN2O2S. The molecule has 0 aliphatic rings. The summed E-state index contributed by atoms with van der Waals surface area (Å²) in [5, 5.41) is -0.0221. The molecule has 1 heterocycles. The Labute approximate surface area is 96.9 Å². The third-order valence-corrected chi connectivity index (χ3v) is 4.10. The minimum absolute atomic E-state index is 0.00287. The molecule has 0 aromatic carbocycles. The zero-order valence-electron chi connectivity index (χ0n) is 6.25. The molecule has 4 nitrogen and oxygen atoms in total. The largest absolute Gasteiger partial charge is 0.224 e. The van der Waals surface area contributed by atoms with Crippen molar-refractivity contribution in [1.29, 1.82) is 0 Å². The molecule has 0 amide bonds. The van der Waals surface area contributed by atoms with Crippen LogP contribution in [0.4, 0.5) is 0 Å². The quantitative estimate of drug-likeness (QED) is 0.575. The lowest BCUT2D eigenvalue weighted by molar-refractivity contribution is 0.599. The lowest BCUT2D eigenvalue weighted by Gasteiger charge is -2.02. The molecule has 0 unspecified atom stereocenters. The Morgan fingerprint density at radius 2 is 1.62 bits per heavy atom. The van der Waals surface area contributed by atoms with Crippen molar-refractivity contribution in [2.45, 2.75) is 4.90 Å². The van der Waals surface area contributed by atoms with Gasteiger partial charge in [0.2, 0.25) is 5.28 Å². The van der Waals surface area contributed by atoms with E-state index in [9.17, 15) is 8.42 Å². The highest BCUT2D eigenvalue weighted by Crippen LogP contribution is 2.27. The van der Waals surface area contributed by atoms with Crippen molar-refractivity contribution in [3.63, 3.8) is 0 Å². The van der Waals surface area contributed by atoms with Gasteiger partial charge in [-0.25, -0.2) is 18.4 Å². The first-order chi connectivity index (χ1) is 5.82. The minimum Gasteiger partial charge on any atom is -0.224 e. The van der Waals surface area contributed by atoms with Crippen molar-refractivity contribution in [3.05, 3.63) is 14.5 Å². The van der Waals surface area contributed by atoms with Crippen LogP contribution in [0.3, 0.4) is 0 Å². The van der Waals surface area contributed by atoms with E-state index in [1.165, 1.54) is 0 Å². The minimum atomic E-state index is -3.36. The van der Waals surface area contributed by atoms with Crippen molar-refractivity contribution in [2.75, 3.05) is 6.26 Å². The fourth-order valence-corrected chi connectivity index (χ4v) is 4.50. The van der Waals surface area contributed by atoms with Gasteiger partial charge < -0.3 is 0 Å². The zero-order valence-corrected chi connectivity index (χ0v) is 11.0. The molecular weight excluding hydrogens is 347 g/mol. The predicted molar refractivity (Wildman–Crippen MR) is 55.6 cm³/mol. The number of rotatable bonds is 1. The zero-order chi connectivity index (χ0) is 10.2. The maximum atomic E-state index is 11.2. The van der Waals surface area contributed by atoms with Crippen LogP contribution < -0.4 is 0 Å². The molecule has 0 spiro atoms. The molecule has 0 N–H and O–H groups in total. The molecule has 0 bridgehead atoms. The Hall–Kier alpha value is 0.280. The number of hydrogen-bond donors (Lipinski definition) is 0. The van der Waals surface area contributed by atoms with E-state index in [2.05, 4.69) is 41.8 Å². The van der Waals surface area contributed by atoms with Crippen LogP contribution in [-0.2, 0) is 9.84 Å². The first kappa shape index (κ1) is 11.4. The monoisotopic (exact) mass is 348 g/mol. The molecule has 8 heteroatoms. The van der Waals surface area contributed by atoms with Crippen LogP contribution >= 0.6 is 43.5 Å². The van der Waals surface area contributed by atoms with Crippen molar-refractivity contribution in [1.82, 2.24) is 9.97 Å². The van der Waals surface area contributed by atoms with Gasteiger partial charge in [0.1, 0.15) is 14.1 Å². The molecule has 0 aliphatic heterocycles. The third kappa shape index (κ3) is 2.61. The maximum absolute atomic E-state index is 11.2. The van der Waals surface area contributed by atoms with E-state index >= 15 is 0 Å². The fraction of sp³-hybridized carbons (Fsp3) is 0.200. The van der Waals surface area contributed by atoms with Gasteiger partial charge in [0.25, 0.3) is 0 Å². The summed E-state index contributed by atoms with van der Waals surface area (Å²) >= 11 is 11.5. The van der Waals surface area contributed by atoms with Crippen LogP contribution in [0, 0.1) is 0 Å². The summed E-state index contributed by atoms with van der Waals surface area (Å²) in [6.45, 7) is 0. The predicted octanol–water partition coefficient (Wildman–Crippen LogP) is 2.06. The molecule has 13 heavy (non-hydrogen) atoms. The van der Waals surface area contributed by atoms with Crippen molar-refractivity contribution >= 4 is 53.3 Å². The Balaban J connectivity index is 3.57. The Morgan fingerprint density at radius 1 is 1.23 bits per heavy atom. The van der Waals surface area contributed by atoms with Crippen molar-refractivity contribution in [3.8, 4) is 0 Å². The number of halogens is 3. The van der Waals surface area contributed by atoms with E-state index in [4.69, 9.17) is 11.6 Å². The van der Waals surface area contributed by atoms with Gasteiger partial charge >= 0.3 is 0 Å². The van der Waals surface area contributed by atoms with Crippen LogP contribution in [0.2, 0.25) is 5.28 Å². The van der Waals surface area contributed by atoms with Crippen LogP contribution in [0.15, 0.2) is 14.1 Å². The summed E-state index contributed by atoms with van der Waals surface area (Å²) in [6.07, 6.45) is 1.06. The van der Waals surface area contributed by atoms with E-state index in [0.29, 0.717) is 0 Å². The summed E-state index contributed by atoms with van der Waals surface area (Å²) in [5.41, 5.74) is 0. The molecule has 0 saturated carbocycles. The average molecular weight is 350 g/mol. The van der Waals surface area contributed by atoms with Crippen LogP contribution in [0.25, 0.3) is 0 Å². The molecule has 1 aromatic rings. The molecule has 0 aliphatic carbocycles. The smallest absolute Gasteiger partial charge is 0.224 e. The molecule has 72 valence electrons. The van der Waals surface area contributed by atoms with E-state index < -0.39 is 9.84 Å². The van der Waals surface area contributed by atoms with Gasteiger partial charge in [0, 0.05) is 6.26 Å². The van der Waals surface area contributed by atoms with Gasteiger partial charge in [-0.1, -0.05) is 0 Å². The van der Waals surface area contributed by atoms with E-state index in [0.717, 1.165) is 6.26 Å². The molecule has 1 aromatic heterocycles. The lowest BCUT2D eigenvalue weighted by atomic mass is 10.7. The Morgan fingerprint density at radius 3 is 1.92 bits per heavy atom. The Kier molecular flexibility index (Phi) is 3.32. The molecule has 0 atom stereocenters. The molecule has 0 fully saturated rings. The van der Waals surface area contributed by atoms with E-state index in [1.807, 2.05) is 0 Å². The summed E-state index contributed by atoms with van der Waals surface area (Å²) in [4.78, 5) is 7.32. The second-order valence-corrected chi connectivity index (χ2v) is 5.97. The van der Waals surface area contributed by atoms with Gasteiger partial charge in [0.15, 0.2) is 9.84 Å². The normalized spacial score (nSPS) is 11.7. The molecule has 0 radical (unpaired) electrons. The second kappa shape index (κ2) is 3.80. The fourth-order valence-electron chi connectivity index (χ4n) is 0.680. The number of sulfone groups is 1. The van der Waals surface area contributed by atoms with Gasteiger partial charge in [0.05, 0.1) is 0 Å². The number of hydrogen-bond acceptors (Lipinski definition) is 4. The van der Waals surface area contributed by atoms with Crippen molar-refractivity contribution in [2.24, 2.45) is 0 Å². The second-order valence-electron chi connectivity index (χ2n) is 2.18. The van der Waals surface area contributed by atoms with Gasteiger partial charge in [-0.3, -0.25) is 0 Å². The molecule has 1 rings (SSSR count). The summed E-state index contributed by atoms with van der Waals surface area (Å²) in [5.74, 6) is 0. The van der Waals surface area contributed by atoms with Gasteiger partial charge in [-0.2, -0.15) is 0 Å². The topological polar surface area (TPSA) is 59.9 Å². The standard InChI is InChI=1S/C5H3Br2ClN2O2S/c1-13(11,12)2-3(6)9-5(8)10-4(2)7/h1H3. The van der Waals surface area contributed by atoms with E-state index in [-0.39, 0.29) is 19.4 Å². The Bertz CT molecular complexity index is 425. The molecule has 0 saturated heterocycles. The lowest BCUT2D eigenvalue weighted by Crippen LogP contribution is -2.03. The van der Waals surface area contributed by atoms with Crippen LogP contribution in [0.5, 0.6) is 0 Å². The highest BCUT2D eigenvalue weighted by Gasteiger charge is 2.19. The summed E-state index contributed by atoms with van der Waals surface area (Å²) in [6, 6.07) is 0. The van der Waals surface area contributed by atoms with Crippen LogP contribution in [0.1, 0.15) is 0 Å². The van der Waals surface area contributed by atoms with Crippen LogP contribution in [-0.4, -0.2) is 24.6 Å². The van der Waals surface area contributed by atoms with E-state index in [1.54, 1.807) is 0 Å². The summed E-state index contributed by atoms with van der Waals surface area (Å²) < 4.78 is 22.7. The van der Waals surface area contributed by atoms with Gasteiger partial charge in [-0.15, -0.1) is 0 Å². The van der Waals surface area contributed by atoms with Crippen molar-refractivity contribution < 1.29 is 8.42 Å². The summed E-state index contributed by atoms with van der Waals surface area (Å²) in [7, 11) is -3.36. The highest BCUT2D eigenvalue weighted by molar-refractivity contribution is 9.11. The van der Waals surface area contributed by atoms with Gasteiger partial charge in [-0.05, 0) is 43.5 Å². The maximum Gasteiger partial charge on any atom is 0.224 e. The average Bonchev–Trinajstić information content (AvgIpc) is 1.78. The number of aromatic nitrogens is 2. The SMILES string of the molecule is CS(=O)(=O)c1c(Br)nc(Cl)nc1Br. The highest BCUT2D eigenvalue weighted by atomic mass is 79.9. The first-order valence-electron chi connectivity index (χ1n) is 2.91. The third-order valence-electron chi connectivity index (χ3n) is 1.13. The first-order valence-corrected chi connectivity index (χ1v) is 6.76. The number of nitrogens with zero attached hydrogens (tertiary/aromatic N) is 2.